The molecule has 0 bridgehead atoms. The maximum atomic E-state index is 5.73. The number of hydrogen-bond acceptors (Lipinski definition) is 4. The lowest BCUT2D eigenvalue weighted by molar-refractivity contribution is -0.0254. The summed E-state index contributed by atoms with van der Waals surface area (Å²) in [5.41, 5.74) is 0. The SMILES string of the molecule is CCN1CCOC(CNCc2nccn2C)C1. The lowest BCUT2D eigenvalue weighted by atomic mass is 10.2. The summed E-state index contributed by atoms with van der Waals surface area (Å²) in [5.74, 6) is 1.06. The molecule has 1 saturated heterocycles. The molecule has 0 spiro atoms. The van der Waals surface area contributed by atoms with Gasteiger partial charge >= 0.3 is 0 Å². The van der Waals surface area contributed by atoms with Gasteiger partial charge in [-0.15, -0.1) is 0 Å². The van der Waals surface area contributed by atoms with Gasteiger partial charge in [-0.25, -0.2) is 4.98 Å². The Morgan fingerprint density at radius 2 is 2.47 bits per heavy atom. The van der Waals surface area contributed by atoms with E-state index >= 15 is 0 Å². The first-order chi connectivity index (χ1) is 8.29. The van der Waals surface area contributed by atoms with Crippen molar-refractivity contribution in [1.29, 1.82) is 0 Å². The van der Waals surface area contributed by atoms with Crippen LogP contribution in [-0.4, -0.2) is 53.3 Å². The molecule has 5 heteroatoms. The van der Waals surface area contributed by atoms with Crippen LogP contribution in [-0.2, 0) is 18.3 Å². The highest BCUT2D eigenvalue weighted by atomic mass is 16.5. The van der Waals surface area contributed by atoms with Crippen molar-refractivity contribution in [2.75, 3.05) is 32.8 Å². The molecule has 0 radical (unpaired) electrons. The van der Waals surface area contributed by atoms with Crippen LogP contribution < -0.4 is 5.32 Å². The smallest absolute Gasteiger partial charge is 0.122 e. The minimum Gasteiger partial charge on any atom is -0.374 e. The Labute approximate surface area is 103 Å². The third kappa shape index (κ3) is 3.52. The summed E-state index contributed by atoms with van der Waals surface area (Å²) in [6.07, 6.45) is 4.10. The van der Waals surface area contributed by atoms with E-state index in [0.717, 1.165) is 45.2 Å². The average molecular weight is 238 g/mol. The van der Waals surface area contributed by atoms with Crippen LogP contribution in [0.2, 0.25) is 0 Å². The Hall–Kier alpha value is -0.910. The third-order valence-electron chi connectivity index (χ3n) is 3.25. The van der Waals surface area contributed by atoms with Crippen LogP contribution in [0, 0.1) is 0 Å². The van der Waals surface area contributed by atoms with Gasteiger partial charge in [0.15, 0.2) is 0 Å². The van der Waals surface area contributed by atoms with Crippen LogP contribution in [0.3, 0.4) is 0 Å². The zero-order valence-electron chi connectivity index (χ0n) is 10.7. The minimum atomic E-state index is 0.309. The molecule has 1 atom stereocenters. The largest absolute Gasteiger partial charge is 0.374 e. The van der Waals surface area contributed by atoms with Gasteiger partial charge in [0.2, 0.25) is 0 Å². The fraction of sp³-hybridized carbons (Fsp3) is 0.750. The molecule has 0 saturated carbocycles. The molecule has 1 aliphatic heterocycles. The molecule has 1 aromatic rings. The Morgan fingerprint density at radius 1 is 1.59 bits per heavy atom. The molecule has 1 aromatic heterocycles. The highest BCUT2D eigenvalue weighted by Gasteiger charge is 2.18. The van der Waals surface area contributed by atoms with Crippen molar-refractivity contribution < 1.29 is 4.74 Å². The second-order valence-electron chi connectivity index (χ2n) is 4.47. The van der Waals surface area contributed by atoms with E-state index in [0.29, 0.717) is 6.10 Å². The molecule has 1 fully saturated rings. The van der Waals surface area contributed by atoms with Crippen LogP contribution in [0.4, 0.5) is 0 Å². The van der Waals surface area contributed by atoms with E-state index in [2.05, 4.69) is 22.1 Å². The van der Waals surface area contributed by atoms with Gasteiger partial charge in [0, 0.05) is 39.1 Å². The Bertz CT molecular complexity index is 339. The number of likely N-dealkylation sites (N-methyl/N-ethyl adjacent to an activating group) is 1. The quantitative estimate of drug-likeness (QED) is 0.797. The first-order valence-electron chi connectivity index (χ1n) is 6.30. The molecule has 0 amide bonds. The van der Waals surface area contributed by atoms with Gasteiger partial charge < -0.3 is 14.6 Å². The Morgan fingerprint density at radius 3 is 3.18 bits per heavy atom. The number of ether oxygens (including phenoxy) is 1. The normalized spacial score (nSPS) is 21.9. The number of nitrogens with zero attached hydrogens (tertiary/aromatic N) is 3. The average Bonchev–Trinajstić information content (AvgIpc) is 2.76. The molecule has 17 heavy (non-hydrogen) atoms. The summed E-state index contributed by atoms with van der Waals surface area (Å²) in [4.78, 5) is 6.71. The van der Waals surface area contributed by atoms with E-state index in [1.807, 2.05) is 24.0 Å². The first kappa shape index (κ1) is 12.5. The van der Waals surface area contributed by atoms with Gasteiger partial charge in [-0.05, 0) is 6.54 Å². The van der Waals surface area contributed by atoms with Crippen molar-refractivity contribution in [2.24, 2.45) is 7.05 Å². The molecule has 2 heterocycles. The fourth-order valence-corrected chi connectivity index (χ4v) is 2.10. The lowest BCUT2D eigenvalue weighted by Gasteiger charge is -2.32. The molecular weight excluding hydrogens is 216 g/mol. The number of morpholine rings is 1. The van der Waals surface area contributed by atoms with Crippen molar-refractivity contribution in [3.63, 3.8) is 0 Å². The first-order valence-corrected chi connectivity index (χ1v) is 6.30. The van der Waals surface area contributed by atoms with E-state index in [1.54, 1.807) is 0 Å². The zero-order valence-corrected chi connectivity index (χ0v) is 10.7. The highest BCUT2D eigenvalue weighted by Crippen LogP contribution is 2.04. The number of aryl methyl sites for hydroxylation is 1. The molecule has 1 unspecified atom stereocenters. The van der Waals surface area contributed by atoms with E-state index in [-0.39, 0.29) is 0 Å². The number of aromatic nitrogens is 2. The van der Waals surface area contributed by atoms with Crippen molar-refractivity contribution in [1.82, 2.24) is 19.8 Å². The van der Waals surface area contributed by atoms with Crippen LogP contribution in [0.15, 0.2) is 12.4 Å². The summed E-state index contributed by atoms with van der Waals surface area (Å²) in [7, 11) is 2.01. The van der Waals surface area contributed by atoms with Crippen molar-refractivity contribution in [2.45, 2.75) is 19.6 Å². The molecule has 0 aromatic carbocycles. The number of nitrogens with one attached hydrogen (secondary N) is 1. The van der Waals surface area contributed by atoms with Gasteiger partial charge in [0.25, 0.3) is 0 Å². The number of hydrogen-bond donors (Lipinski definition) is 1. The van der Waals surface area contributed by atoms with Crippen molar-refractivity contribution >= 4 is 0 Å². The standard InChI is InChI=1S/C12H22N4O/c1-3-16-6-7-17-11(10-16)8-13-9-12-14-4-5-15(12)2/h4-5,11,13H,3,6-10H2,1-2H3. The van der Waals surface area contributed by atoms with Gasteiger partial charge in [-0.2, -0.15) is 0 Å². The van der Waals surface area contributed by atoms with Crippen LogP contribution in [0.1, 0.15) is 12.7 Å². The summed E-state index contributed by atoms with van der Waals surface area (Å²) >= 11 is 0. The number of rotatable bonds is 5. The lowest BCUT2D eigenvalue weighted by Crippen LogP contribution is -2.46. The van der Waals surface area contributed by atoms with E-state index in [1.165, 1.54) is 0 Å². The molecule has 0 aliphatic carbocycles. The highest BCUT2D eigenvalue weighted by molar-refractivity contribution is 4.90. The van der Waals surface area contributed by atoms with Crippen molar-refractivity contribution in [3.8, 4) is 0 Å². The molecule has 1 N–H and O–H groups in total. The van der Waals surface area contributed by atoms with Gasteiger partial charge in [-0.1, -0.05) is 6.92 Å². The second-order valence-corrected chi connectivity index (χ2v) is 4.47. The summed E-state index contributed by atoms with van der Waals surface area (Å²) in [5, 5.41) is 3.41. The predicted octanol–water partition coefficient (Wildman–Crippen LogP) is 0.230. The molecular formula is C12H22N4O. The van der Waals surface area contributed by atoms with Crippen LogP contribution >= 0.6 is 0 Å². The van der Waals surface area contributed by atoms with Crippen LogP contribution in [0.25, 0.3) is 0 Å². The van der Waals surface area contributed by atoms with E-state index in [4.69, 9.17) is 4.74 Å². The van der Waals surface area contributed by atoms with Crippen molar-refractivity contribution in [3.05, 3.63) is 18.2 Å². The maximum Gasteiger partial charge on any atom is 0.122 e. The number of imidazole rings is 1. The molecule has 2 rings (SSSR count). The van der Waals surface area contributed by atoms with Gasteiger partial charge in [0.05, 0.1) is 19.3 Å². The molecule has 1 aliphatic rings. The minimum absolute atomic E-state index is 0.309. The van der Waals surface area contributed by atoms with E-state index < -0.39 is 0 Å². The summed E-state index contributed by atoms with van der Waals surface area (Å²) < 4.78 is 7.76. The monoisotopic (exact) mass is 238 g/mol. The predicted molar refractivity (Wildman–Crippen MR) is 66.8 cm³/mol. The summed E-state index contributed by atoms with van der Waals surface area (Å²) in [6.45, 7) is 7.95. The van der Waals surface area contributed by atoms with Gasteiger partial charge in [0.1, 0.15) is 5.82 Å². The Balaban J connectivity index is 1.70. The van der Waals surface area contributed by atoms with E-state index in [9.17, 15) is 0 Å². The zero-order chi connectivity index (χ0) is 12.1. The molecule has 5 nitrogen and oxygen atoms in total. The van der Waals surface area contributed by atoms with Crippen LogP contribution in [0.5, 0.6) is 0 Å². The Kier molecular flexibility index (Phi) is 4.53. The summed E-state index contributed by atoms with van der Waals surface area (Å²) in [6, 6.07) is 0. The topological polar surface area (TPSA) is 42.3 Å². The fourth-order valence-electron chi connectivity index (χ4n) is 2.10. The van der Waals surface area contributed by atoms with Gasteiger partial charge in [-0.3, -0.25) is 4.90 Å². The maximum absolute atomic E-state index is 5.73. The molecule has 96 valence electrons. The third-order valence-corrected chi connectivity index (χ3v) is 3.25. The second kappa shape index (κ2) is 6.14.